The number of hydrogen-bond donors (Lipinski definition) is 2. The van der Waals surface area contributed by atoms with Crippen LogP contribution in [0.25, 0.3) is 22.3 Å². The lowest BCUT2D eigenvalue weighted by atomic mass is 9.69. The normalized spacial score (nSPS) is 11.4. The van der Waals surface area contributed by atoms with E-state index >= 15 is 0 Å². The van der Waals surface area contributed by atoms with Gasteiger partial charge in [-0.05, 0) is 71.8 Å². The molecule has 2 nitrogen and oxygen atoms in total. The molecule has 0 aliphatic heterocycles. The third kappa shape index (κ3) is 4.05. The number of rotatable bonds is 5. The number of benzene rings is 5. The molecule has 0 heterocycles. The van der Waals surface area contributed by atoms with Crippen molar-refractivity contribution in [2.75, 3.05) is 0 Å². The monoisotopic (exact) mass is 470 g/mol. The molecule has 36 heavy (non-hydrogen) atoms. The van der Waals surface area contributed by atoms with Crippen LogP contribution in [-0.4, -0.2) is 10.2 Å². The number of phenolic OH excluding ortho intramolecular Hbond substituents is 2. The summed E-state index contributed by atoms with van der Waals surface area (Å²) in [4.78, 5) is 0. The van der Waals surface area contributed by atoms with E-state index in [2.05, 4.69) is 55.5 Å². The second-order valence-electron chi connectivity index (χ2n) is 9.60. The highest BCUT2D eigenvalue weighted by Crippen LogP contribution is 2.46. The van der Waals surface area contributed by atoms with Crippen LogP contribution in [0, 0.1) is 13.8 Å². The summed E-state index contributed by atoms with van der Waals surface area (Å²) in [5.74, 6) is 0.597. The van der Waals surface area contributed by atoms with Gasteiger partial charge in [-0.25, -0.2) is 0 Å². The molecule has 0 saturated heterocycles. The summed E-state index contributed by atoms with van der Waals surface area (Å²) < 4.78 is 0. The summed E-state index contributed by atoms with van der Waals surface area (Å²) >= 11 is 0. The molecule has 5 aromatic carbocycles. The van der Waals surface area contributed by atoms with Crippen molar-refractivity contribution in [1.82, 2.24) is 0 Å². The summed E-state index contributed by atoms with van der Waals surface area (Å²) in [5.41, 5.74) is 7.98. The Labute approximate surface area is 213 Å². The van der Waals surface area contributed by atoms with Crippen molar-refractivity contribution in [2.24, 2.45) is 0 Å². The molecule has 0 aliphatic rings. The largest absolute Gasteiger partial charge is 0.507 e. The molecule has 0 saturated carbocycles. The predicted octanol–water partition coefficient (Wildman–Crippen LogP) is 8.40. The Balaban J connectivity index is 1.81. The lowest BCUT2D eigenvalue weighted by molar-refractivity contribution is 0.472. The van der Waals surface area contributed by atoms with Gasteiger partial charge in [0, 0.05) is 16.5 Å². The molecular weight excluding hydrogens is 440 g/mol. The van der Waals surface area contributed by atoms with Gasteiger partial charge in [0.15, 0.2) is 0 Å². The van der Waals surface area contributed by atoms with E-state index in [0.29, 0.717) is 11.5 Å². The molecule has 5 rings (SSSR count). The minimum atomic E-state index is -0.536. The lowest BCUT2D eigenvalue weighted by Gasteiger charge is -2.34. The van der Waals surface area contributed by atoms with E-state index in [-0.39, 0.29) is 0 Å². The fourth-order valence-corrected chi connectivity index (χ4v) is 5.08. The average Bonchev–Trinajstić information content (AvgIpc) is 2.92. The van der Waals surface area contributed by atoms with Crippen LogP contribution in [0.4, 0.5) is 0 Å². The van der Waals surface area contributed by atoms with Crippen LogP contribution in [0.5, 0.6) is 11.5 Å². The van der Waals surface area contributed by atoms with Crippen LogP contribution in [-0.2, 0) is 5.41 Å². The molecule has 0 unspecified atom stereocenters. The molecule has 2 N–H and O–H groups in total. The fraction of sp³-hybridized carbons (Fsp3) is 0.118. The van der Waals surface area contributed by atoms with E-state index in [9.17, 15) is 10.2 Å². The molecule has 178 valence electrons. The van der Waals surface area contributed by atoms with Crippen LogP contribution in [0.15, 0.2) is 115 Å². The van der Waals surface area contributed by atoms with Crippen molar-refractivity contribution in [3.05, 3.63) is 143 Å². The average molecular weight is 471 g/mol. The summed E-state index contributed by atoms with van der Waals surface area (Å²) in [6.45, 7) is 6.13. The molecule has 0 fully saturated rings. The maximum Gasteiger partial charge on any atom is 0.126 e. The topological polar surface area (TPSA) is 40.5 Å². The summed E-state index contributed by atoms with van der Waals surface area (Å²) in [6.07, 6.45) is 0. The van der Waals surface area contributed by atoms with Crippen LogP contribution >= 0.6 is 0 Å². The molecule has 0 spiro atoms. The van der Waals surface area contributed by atoms with Gasteiger partial charge in [0.05, 0.1) is 0 Å². The number of aromatic hydroxyl groups is 2. The second-order valence-corrected chi connectivity index (χ2v) is 9.60. The number of phenols is 2. The third-order valence-corrected chi connectivity index (χ3v) is 7.28. The third-order valence-electron chi connectivity index (χ3n) is 7.28. The van der Waals surface area contributed by atoms with Crippen LogP contribution in [0.2, 0.25) is 0 Å². The second kappa shape index (κ2) is 9.39. The number of hydrogen-bond acceptors (Lipinski definition) is 2. The first-order chi connectivity index (χ1) is 17.4. The lowest BCUT2D eigenvalue weighted by Crippen LogP contribution is -2.26. The zero-order valence-electron chi connectivity index (χ0n) is 20.9. The Morgan fingerprint density at radius 2 is 0.833 bits per heavy atom. The molecule has 0 bridgehead atoms. The van der Waals surface area contributed by atoms with Gasteiger partial charge in [-0.15, -0.1) is 0 Å². The summed E-state index contributed by atoms with van der Waals surface area (Å²) in [6, 6.07) is 38.8. The van der Waals surface area contributed by atoms with Gasteiger partial charge in [0.2, 0.25) is 0 Å². The minimum absolute atomic E-state index is 0.298. The molecule has 2 heteroatoms. The molecule has 0 amide bonds. The fourth-order valence-electron chi connectivity index (χ4n) is 5.08. The Kier molecular flexibility index (Phi) is 6.12. The van der Waals surface area contributed by atoms with Crippen molar-refractivity contribution in [3.8, 4) is 33.8 Å². The standard InChI is InChI=1S/C34H30O2/c1-23-19-28(21-30(32(23)35)25-13-7-4-8-14-25)34(3,27-17-11-6-12-18-27)29-20-24(2)33(36)31(22-29)26-15-9-5-10-16-26/h4-22,35-36H,1-3H3. The molecule has 5 aromatic rings. The first kappa shape index (κ1) is 23.4. The highest BCUT2D eigenvalue weighted by Gasteiger charge is 2.33. The molecule has 0 atom stereocenters. The first-order valence-electron chi connectivity index (χ1n) is 12.2. The summed E-state index contributed by atoms with van der Waals surface area (Å²) in [5, 5.41) is 22.0. The Bertz CT molecular complexity index is 1410. The smallest absolute Gasteiger partial charge is 0.126 e. The van der Waals surface area contributed by atoms with Gasteiger partial charge in [0.1, 0.15) is 11.5 Å². The zero-order chi connectivity index (χ0) is 25.3. The molecule has 0 radical (unpaired) electrons. The van der Waals surface area contributed by atoms with Crippen LogP contribution in [0.3, 0.4) is 0 Å². The van der Waals surface area contributed by atoms with Crippen molar-refractivity contribution in [2.45, 2.75) is 26.2 Å². The molecular formula is C34H30O2. The van der Waals surface area contributed by atoms with E-state index in [1.807, 2.05) is 80.6 Å². The molecule has 0 aliphatic carbocycles. The maximum atomic E-state index is 11.0. The Morgan fingerprint density at radius 3 is 1.22 bits per heavy atom. The highest BCUT2D eigenvalue weighted by molar-refractivity contribution is 5.76. The van der Waals surface area contributed by atoms with Gasteiger partial charge in [0.25, 0.3) is 0 Å². The zero-order valence-corrected chi connectivity index (χ0v) is 20.9. The number of aryl methyl sites for hydroxylation is 2. The highest BCUT2D eigenvalue weighted by atomic mass is 16.3. The van der Waals surface area contributed by atoms with E-state index < -0.39 is 5.41 Å². The summed E-state index contributed by atoms with van der Waals surface area (Å²) in [7, 11) is 0. The van der Waals surface area contributed by atoms with E-state index in [4.69, 9.17) is 0 Å². The van der Waals surface area contributed by atoms with E-state index in [1.54, 1.807) is 0 Å². The van der Waals surface area contributed by atoms with Crippen molar-refractivity contribution >= 4 is 0 Å². The van der Waals surface area contributed by atoms with Crippen LogP contribution in [0.1, 0.15) is 34.7 Å². The first-order valence-corrected chi connectivity index (χ1v) is 12.2. The minimum Gasteiger partial charge on any atom is -0.507 e. The van der Waals surface area contributed by atoms with Crippen molar-refractivity contribution < 1.29 is 10.2 Å². The molecule has 0 aromatic heterocycles. The van der Waals surface area contributed by atoms with Crippen LogP contribution < -0.4 is 0 Å². The Morgan fingerprint density at radius 1 is 0.472 bits per heavy atom. The van der Waals surface area contributed by atoms with Gasteiger partial charge < -0.3 is 10.2 Å². The van der Waals surface area contributed by atoms with Gasteiger partial charge in [-0.1, -0.05) is 103 Å². The maximum absolute atomic E-state index is 11.0. The van der Waals surface area contributed by atoms with E-state index in [0.717, 1.165) is 50.1 Å². The van der Waals surface area contributed by atoms with Gasteiger partial charge in [-0.3, -0.25) is 0 Å². The Hall–Kier alpha value is -4.30. The quantitative estimate of drug-likeness (QED) is 0.253. The predicted molar refractivity (Wildman–Crippen MR) is 149 cm³/mol. The van der Waals surface area contributed by atoms with Crippen molar-refractivity contribution in [3.63, 3.8) is 0 Å². The van der Waals surface area contributed by atoms with E-state index in [1.165, 1.54) is 0 Å². The SMILES string of the molecule is Cc1cc(C(C)(c2ccccc2)c2cc(C)c(O)c(-c3ccccc3)c2)cc(-c2ccccc2)c1O. The van der Waals surface area contributed by atoms with Gasteiger partial charge in [-0.2, -0.15) is 0 Å². The van der Waals surface area contributed by atoms with Gasteiger partial charge >= 0.3 is 0 Å². The van der Waals surface area contributed by atoms with Crippen molar-refractivity contribution in [1.29, 1.82) is 0 Å².